The van der Waals surface area contributed by atoms with Crippen LogP contribution in [0.15, 0.2) is 42.5 Å². The molecule has 1 aliphatic rings. The van der Waals surface area contributed by atoms with Crippen molar-refractivity contribution in [3.8, 4) is 0 Å². The van der Waals surface area contributed by atoms with Gasteiger partial charge >= 0.3 is 0 Å². The standard InChI is InChI=1S/C21H23N3S/c1-13-7-10-19-17(11-13)16-9-8-15(12-20(16)23-19)22-21(25)24-18-6-4-3-5-14(18)2/h3-7,10-11,15,23H,8-9,12H2,1-2H3,(H2,22,24,25). The third kappa shape index (κ3) is 3.27. The monoisotopic (exact) mass is 349 g/mol. The van der Waals surface area contributed by atoms with E-state index in [2.05, 4.69) is 59.8 Å². The Kier molecular flexibility index (Phi) is 4.22. The van der Waals surface area contributed by atoms with Crippen molar-refractivity contribution in [1.29, 1.82) is 0 Å². The third-order valence-corrected chi connectivity index (χ3v) is 5.29. The summed E-state index contributed by atoms with van der Waals surface area (Å²) in [5.41, 5.74) is 7.66. The molecule has 1 atom stereocenters. The van der Waals surface area contributed by atoms with Crippen LogP contribution in [0.4, 0.5) is 5.69 Å². The summed E-state index contributed by atoms with van der Waals surface area (Å²) in [5.74, 6) is 0. The van der Waals surface area contributed by atoms with Gasteiger partial charge in [-0.25, -0.2) is 0 Å². The highest BCUT2D eigenvalue weighted by Gasteiger charge is 2.23. The third-order valence-electron chi connectivity index (χ3n) is 5.07. The predicted molar refractivity (Wildman–Crippen MR) is 109 cm³/mol. The minimum atomic E-state index is 0.366. The first kappa shape index (κ1) is 16.2. The molecule has 0 aliphatic heterocycles. The van der Waals surface area contributed by atoms with Crippen LogP contribution in [0.1, 0.15) is 28.8 Å². The number of aromatic nitrogens is 1. The summed E-state index contributed by atoms with van der Waals surface area (Å²) in [6, 6.07) is 15.2. The normalized spacial score (nSPS) is 16.5. The molecule has 0 fully saturated rings. The lowest BCUT2D eigenvalue weighted by Crippen LogP contribution is -2.41. The van der Waals surface area contributed by atoms with E-state index in [0.29, 0.717) is 11.2 Å². The van der Waals surface area contributed by atoms with Crippen molar-refractivity contribution in [2.45, 2.75) is 39.2 Å². The van der Waals surface area contributed by atoms with Gasteiger partial charge in [-0.05, 0) is 68.2 Å². The molecule has 25 heavy (non-hydrogen) atoms. The summed E-state index contributed by atoms with van der Waals surface area (Å²) in [7, 11) is 0. The van der Waals surface area contributed by atoms with Crippen molar-refractivity contribution in [2.75, 3.05) is 5.32 Å². The van der Waals surface area contributed by atoms with E-state index < -0.39 is 0 Å². The number of thiocarbonyl (C=S) groups is 1. The Labute approximate surface area is 153 Å². The Morgan fingerprint density at radius 1 is 1.16 bits per heavy atom. The largest absolute Gasteiger partial charge is 0.359 e. The fourth-order valence-electron chi connectivity index (χ4n) is 3.72. The number of rotatable bonds is 2. The Morgan fingerprint density at radius 3 is 2.84 bits per heavy atom. The second kappa shape index (κ2) is 6.52. The molecule has 0 radical (unpaired) electrons. The van der Waals surface area contributed by atoms with Gasteiger partial charge in [-0.15, -0.1) is 0 Å². The first-order valence-electron chi connectivity index (χ1n) is 8.83. The number of hydrogen-bond acceptors (Lipinski definition) is 1. The molecule has 4 heteroatoms. The van der Waals surface area contributed by atoms with Crippen molar-refractivity contribution in [3.63, 3.8) is 0 Å². The summed E-state index contributed by atoms with van der Waals surface area (Å²) in [6.07, 6.45) is 3.17. The van der Waals surface area contributed by atoms with E-state index in [1.54, 1.807) is 0 Å². The first-order chi connectivity index (χ1) is 12.1. The molecule has 3 nitrogen and oxygen atoms in total. The molecule has 3 aromatic rings. The van der Waals surface area contributed by atoms with Crippen LogP contribution in [0.3, 0.4) is 0 Å². The van der Waals surface area contributed by atoms with Crippen LogP contribution in [0.25, 0.3) is 10.9 Å². The summed E-state index contributed by atoms with van der Waals surface area (Å²) < 4.78 is 0. The SMILES string of the molecule is Cc1ccc2[nH]c3c(c2c1)CCC(NC(=S)Nc1ccccc1C)C3. The topological polar surface area (TPSA) is 39.9 Å². The molecule has 4 rings (SSSR count). The highest BCUT2D eigenvalue weighted by atomic mass is 32.1. The molecular formula is C21H23N3S. The van der Waals surface area contributed by atoms with Gasteiger partial charge in [0, 0.05) is 34.7 Å². The Morgan fingerprint density at radius 2 is 2.00 bits per heavy atom. The molecule has 1 aliphatic carbocycles. The summed E-state index contributed by atoms with van der Waals surface area (Å²) in [6.45, 7) is 4.24. The maximum atomic E-state index is 5.52. The van der Waals surface area contributed by atoms with Gasteiger partial charge in [-0.3, -0.25) is 0 Å². The lowest BCUT2D eigenvalue weighted by molar-refractivity contribution is 0.527. The van der Waals surface area contributed by atoms with E-state index in [-0.39, 0.29) is 0 Å². The highest BCUT2D eigenvalue weighted by Crippen LogP contribution is 2.30. The minimum absolute atomic E-state index is 0.366. The second-order valence-corrected chi connectivity index (χ2v) is 7.39. The average Bonchev–Trinajstić information content (AvgIpc) is 2.94. The lowest BCUT2D eigenvalue weighted by Gasteiger charge is -2.25. The van der Waals surface area contributed by atoms with Crippen molar-refractivity contribution >= 4 is 33.9 Å². The molecular weight excluding hydrogens is 326 g/mol. The molecule has 0 bridgehead atoms. The van der Waals surface area contributed by atoms with Gasteiger partial charge in [0.25, 0.3) is 0 Å². The fourth-order valence-corrected chi connectivity index (χ4v) is 4.00. The van der Waals surface area contributed by atoms with Crippen LogP contribution < -0.4 is 10.6 Å². The van der Waals surface area contributed by atoms with Crippen LogP contribution in [0.5, 0.6) is 0 Å². The van der Waals surface area contributed by atoms with Crippen LogP contribution in [-0.2, 0) is 12.8 Å². The minimum Gasteiger partial charge on any atom is -0.359 e. The van der Waals surface area contributed by atoms with Gasteiger partial charge in [0.05, 0.1) is 0 Å². The maximum absolute atomic E-state index is 5.52. The zero-order chi connectivity index (χ0) is 17.4. The fraction of sp³-hybridized carbons (Fsp3) is 0.286. The van der Waals surface area contributed by atoms with Crippen LogP contribution in [-0.4, -0.2) is 16.1 Å². The summed E-state index contributed by atoms with van der Waals surface area (Å²) in [4.78, 5) is 3.60. The number of nitrogens with one attached hydrogen (secondary N) is 3. The lowest BCUT2D eigenvalue weighted by atomic mass is 9.91. The highest BCUT2D eigenvalue weighted by molar-refractivity contribution is 7.80. The van der Waals surface area contributed by atoms with E-state index in [4.69, 9.17) is 12.2 Å². The van der Waals surface area contributed by atoms with Crippen LogP contribution >= 0.6 is 12.2 Å². The van der Waals surface area contributed by atoms with Gasteiger partial charge in [-0.1, -0.05) is 29.8 Å². The number of aryl methyl sites for hydroxylation is 3. The molecule has 0 saturated heterocycles. The number of para-hydroxylation sites is 1. The zero-order valence-corrected chi connectivity index (χ0v) is 15.5. The smallest absolute Gasteiger partial charge is 0.171 e. The van der Waals surface area contributed by atoms with Crippen molar-refractivity contribution < 1.29 is 0 Å². The molecule has 1 aromatic heterocycles. The van der Waals surface area contributed by atoms with E-state index in [1.165, 1.54) is 33.3 Å². The van der Waals surface area contributed by atoms with Gasteiger partial charge in [0.1, 0.15) is 0 Å². The maximum Gasteiger partial charge on any atom is 0.171 e. The number of fused-ring (bicyclic) bond motifs is 3. The van der Waals surface area contributed by atoms with Crippen molar-refractivity contribution in [2.24, 2.45) is 0 Å². The number of anilines is 1. The second-order valence-electron chi connectivity index (χ2n) is 6.98. The van der Waals surface area contributed by atoms with E-state index in [9.17, 15) is 0 Å². The molecule has 1 heterocycles. The van der Waals surface area contributed by atoms with Gasteiger partial charge in [0.15, 0.2) is 5.11 Å². The molecule has 3 N–H and O–H groups in total. The van der Waals surface area contributed by atoms with Gasteiger partial charge < -0.3 is 15.6 Å². The number of aromatic amines is 1. The number of benzene rings is 2. The average molecular weight is 350 g/mol. The predicted octanol–water partition coefficient (Wildman–Crippen LogP) is 4.63. The van der Waals surface area contributed by atoms with E-state index in [0.717, 1.165) is 24.9 Å². The Bertz CT molecular complexity index is 941. The Balaban J connectivity index is 1.46. The van der Waals surface area contributed by atoms with E-state index >= 15 is 0 Å². The van der Waals surface area contributed by atoms with Gasteiger partial charge in [-0.2, -0.15) is 0 Å². The quantitative estimate of drug-likeness (QED) is 0.591. The van der Waals surface area contributed by atoms with Crippen molar-refractivity contribution in [3.05, 3.63) is 64.8 Å². The van der Waals surface area contributed by atoms with Crippen LogP contribution in [0, 0.1) is 13.8 Å². The molecule has 2 aromatic carbocycles. The van der Waals surface area contributed by atoms with E-state index in [1.807, 2.05) is 12.1 Å². The Hall–Kier alpha value is -2.33. The number of hydrogen-bond donors (Lipinski definition) is 3. The summed E-state index contributed by atoms with van der Waals surface area (Å²) >= 11 is 5.52. The molecule has 0 amide bonds. The zero-order valence-electron chi connectivity index (χ0n) is 14.6. The molecule has 0 saturated carbocycles. The molecule has 1 unspecified atom stereocenters. The summed E-state index contributed by atoms with van der Waals surface area (Å²) in [5, 5.41) is 8.90. The van der Waals surface area contributed by atoms with Gasteiger partial charge in [0.2, 0.25) is 0 Å². The van der Waals surface area contributed by atoms with Crippen molar-refractivity contribution in [1.82, 2.24) is 10.3 Å². The molecule has 0 spiro atoms. The van der Waals surface area contributed by atoms with Crippen LogP contribution in [0.2, 0.25) is 0 Å². The molecule has 128 valence electrons. The first-order valence-corrected chi connectivity index (χ1v) is 9.24. The number of H-pyrrole nitrogens is 1.